The molecular weight excluding hydrogens is 414 g/mol. The lowest BCUT2D eigenvalue weighted by Crippen LogP contribution is -2.33. The number of anilines is 1. The minimum Gasteiger partial charge on any atom is -0.273 e. The van der Waals surface area contributed by atoms with E-state index < -0.39 is 31.9 Å². The molecule has 1 atom stereocenters. The molecule has 10 heteroatoms. The van der Waals surface area contributed by atoms with Crippen molar-refractivity contribution in [1.82, 2.24) is 9.29 Å². The van der Waals surface area contributed by atoms with Crippen molar-refractivity contribution in [2.75, 3.05) is 23.1 Å². The number of likely N-dealkylation sites (N-methyl/N-ethyl adjacent to an activating group) is 1. The summed E-state index contributed by atoms with van der Waals surface area (Å²) in [5, 5.41) is 0. The van der Waals surface area contributed by atoms with E-state index in [4.69, 9.17) is 0 Å². The highest BCUT2D eigenvalue weighted by atomic mass is 32.2. The second-order valence-electron chi connectivity index (χ2n) is 6.88. The number of hydrogen-bond donors (Lipinski definition) is 0. The number of aromatic nitrogens is 1. The maximum Gasteiger partial charge on any atom is 0.244 e. The van der Waals surface area contributed by atoms with Gasteiger partial charge in [0.25, 0.3) is 0 Å². The SMILES string of the molecule is CCN(CCc1ccncc1)S(=O)(=O)c1ccc(N2C(=O)C(C)CS2(=O)=O)cc1. The molecule has 1 aromatic carbocycles. The number of carbonyl (C=O) groups is 1. The first-order chi connectivity index (χ1) is 13.7. The Morgan fingerprint density at radius 2 is 1.76 bits per heavy atom. The molecule has 0 radical (unpaired) electrons. The number of sulfonamides is 2. The van der Waals surface area contributed by atoms with Crippen LogP contribution in [-0.4, -0.2) is 50.9 Å². The van der Waals surface area contributed by atoms with Gasteiger partial charge in [0.1, 0.15) is 0 Å². The number of benzene rings is 1. The lowest BCUT2D eigenvalue weighted by molar-refractivity contribution is -0.119. The quantitative estimate of drug-likeness (QED) is 0.652. The van der Waals surface area contributed by atoms with Gasteiger partial charge in [0.2, 0.25) is 26.0 Å². The van der Waals surface area contributed by atoms with Gasteiger partial charge in [-0.05, 0) is 48.4 Å². The lowest BCUT2D eigenvalue weighted by Gasteiger charge is -2.21. The van der Waals surface area contributed by atoms with Gasteiger partial charge in [-0.3, -0.25) is 9.78 Å². The molecule has 0 saturated carbocycles. The van der Waals surface area contributed by atoms with Crippen molar-refractivity contribution < 1.29 is 21.6 Å². The van der Waals surface area contributed by atoms with Crippen LogP contribution in [0.4, 0.5) is 5.69 Å². The van der Waals surface area contributed by atoms with Crippen LogP contribution in [0, 0.1) is 5.92 Å². The molecule has 0 bridgehead atoms. The van der Waals surface area contributed by atoms with E-state index in [0.29, 0.717) is 19.5 Å². The summed E-state index contributed by atoms with van der Waals surface area (Å²) in [5.74, 6) is -1.37. The van der Waals surface area contributed by atoms with Crippen LogP contribution < -0.4 is 4.31 Å². The fraction of sp³-hybridized carbons (Fsp3) is 0.368. The van der Waals surface area contributed by atoms with Crippen LogP contribution in [0.15, 0.2) is 53.7 Å². The Morgan fingerprint density at radius 3 is 2.28 bits per heavy atom. The van der Waals surface area contributed by atoms with Crippen molar-refractivity contribution in [3.63, 3.8) is 0 Å². The molecule has 1 aliphatic rings. The molecule has 1 aliphatic heterocycles. The molecule has 0 N–H and O–H groups in total. The number of hydrogen-bond acceptors (Lipinski definition) is 6. The topological polar surface area (TPSA) is 105 Å². The van der Waals surface area contributed by atoms with E-state index in [2.05, 4.69) is 4.98 Å². The zero-order chi connectivity index (χ0) is 21.2. The fourth-order valence-corrected chi connectivity index (χ4v) is 6.51. The van der Waals surface area contributed by atoms with Crippen molar-refractivity contribution in [2.45, 2.75) is 25.2 Å². The Labute approximate surface area is 171 Å². The first-order valence-electron chi connectivity index (χ1n) is 9.23. The van der Waals surface area contributed by atoms with Crippen LogP contribution in [0.1, 0.15) is 19.4 Å². The van der Waals surface area contributed by atoms with Crippen molar-refractivity contribution in [2.24, 2.45) is 5.92 Å². The number of rotatable bonds is 7. The lowest BCUT2D eigenvalue weighted by atomic mass is 10.2. The van der Waals surface area contributed by atoms with Crippen molar-refractivity contribution in [3.8, 4) is 0 Å². The van der Waals surface area contributed by atoms with Crippen LogP contribution in [0.5, 0.6) is 0 Å². The molecule has 1 fully saturated rings. The second kappa shape index (κ2) is 8.21. The molecular formula is C19H23N3O5S2. The predicted octanol–water partition coefficient (Wildman–Crippen LogP) is 1.65. The first kappa shape index (κ1) is 21.4. The monoisotopic (exact) mass is 437 g/mol. The fourth-order valence-electron chi connectivity index (χ4n) is 3.24. The number of amides is 1. The zero-order valence-electron chi connectivity index (χ0n) is 16.2. The van der Waals surface area contributed by atoms with Gasteiger partial charge >= 0.3 is 0 Å². The Morgan fingerprint density at radius 1 is 1.14 bits per heavy atom. The molecule has 2 aromatic rings. The number of nitrogens with zero attached hydrogens (tertiary/aromatic N) is 3. The highest BCUT2D eigenvalue weighted by Crippen LogP contribution is 2.29. The summed E-state index contributed by atoms with van der Waals surface area (Å²) in [5.41, 5.74) is 1.13. The summed E-state index contributed by atoms with van der Waals surface area (Å²) < 4.78 is 52.5. The normalized spacial score (nSPS) is 19.1. The summed E-state index contributed by atoms with van der Waals surface area (Å²) >= 11 is 0. The first-order valence-corrected chi connectivity index (χ1v) is 12.3. The molecule has 1 amide bonds. The van der Waals surface area contributed by atoms with Gasteiger partial charge in [0, 0.05) is 25.5 Å². The van der Waals surface area contributed by atoms with Crippen LogP contribution in [0.3, 0.4) is 0 Å². The second-order valence-corrected chi connectivity index (χ2v) is 10.7. The molecule has 8 nitrogen and oxygen atoms in total. The van der Waals surface area contributed by atoms with Gasteiger partial charge in [-0.25, -0.2) is 21.1 Å². The Kier molecular flexibility index (Phi) is 6.06. The van der Waals surface area contributed by atoms with Crippen molar-refractivity contribution in [3.05, 3.63) is 54.4 Å². The van der Waals surface area contributed by atoms with E-state index in [9.17, 15) is 21.6 Å². The van der Waals surface area contributed by atoms with Crippen LogP contribution >= 0.6 is 0 Å². The highest BCUT2D eigenvalue weighted by Gasteiger charge is 2.42. The van der Waals surface area contributed by atoms with Gasteiger partial charge in [0.15, 0.2) is 0 Å². The van der Waals surface area contributed by atoms with E-state index in [1.807, 2.05) is 12.1 Å². The predicted molar refractivity (Wildman–Crippen MR) is 109 cm³/mol. The van der Waals surface area contributed by atoms with Crippen molar-refractivity contribution in [1.29, 1.82) is 0 Å². The molecule has 29 heavy (non-hydrogen) atoms. The van der Waals surface area contributed by atoms with Gasteiger partial charge in [-0.15, -0.1) is 0 Å². The number of pyridine rings is 1. The standard InChI is InChI=1S/C19H23N3O5S2/c1-3-21(13-10-16-8-11-20-12-9-16)29(26,27)18-6-4-17(5-7-18)22-19(23)15(2)14-28(22,24)25/h4-9,11-12,15H,3,10,13-14H2,1-2H3. The highest BCUT2D eigenvalue weighted by molar-refractivity contribution is 7.94. The molecule has 3 rings (SSSR count). The Balaban J connectivity index is 1.81. The van der Waals surface area contributed by atoms with Gasteiger partial charge < -0.3 is 0 Å². The van der Waals surface area contributed by atoms with Crippen LogP contribution in [0.25, 0.3) is 0 Å². The Hall–Kier alpha value is -2.30. The van der Waals surface area contributed by atoms with E-state index in [0.717, 1.165) is 9.87 Å². The van der Waals surface area contributed by atoms with E-state index in [-0.39, 0.29) is 16.3 Å². The number of carbonyl (C=O) groups excluding carboxylic acids is 1. The van der Waals surface area contributed by atoms with E-state index >= 15 is 0 Å². The van der Waals surface area contributed by atoms with Gasteiger partial charge in [-0.2, -0.15) is 4.31 Å². The summed E-state index contributed by atoms with van der Waals surface area (Å²) in [4.78, 5) is 16.2. The van der Waals surface area contributed by atoms with Crippen molar-refractivity contribution >= 4 is 31.6 Å². The van der Waals surface area contributed by atoms with E-state index in [1.54, 1.807) is 26.2 Å². The van der Waals surface area contributed by atoms with Gasteiger partial charge in [-0.1, -0.05) is 13.8 Å². The molecule has 0 aliphatic carbocycles. The van der Waals surface area contributed by atoms with E-state index in [1.165, 1.54) is 28.6 Å². The van der Waals surface area contributed by atoms with Crippen LogP contribution in [-0.2, 0) is 31.3 Å². The minimum absolute atomic E-state index is 0.0509. The molecule has 1 unspecified atom stereocenters. The maximum absolute atomic E-state index is 13.0. The molecule has 156 valence electrons. The maximum atomic E-state index is 13.0. The minimum atomic E-state index is -3.75. The third kappa shape index (κ3) is 4.34. The third-order valence-electron chi connectivity index (χ3n) is 4.82. The molecule has 1 saturated heterocycles. The Bertz CT molecular complexity index is 1080. The summed E-state index contributed by atoms with van der Waals surface area (Å²) in [6, 6.07) is 9.07. The zero-order valence-corrected chi connectivity index (χ0v) is 17.9. The van der Waals surface area contributed by atoms with Gasteiger partial charge in [0.05, 0.1) is 22.3 Å². The average molecular weight is 438 g/mol. The molecule has 1 aromatic heterocycles. The van der Waals surface area contributed by atoms with Crippen LogP contribution in [0.2, 0.25) is 0 Å². The summed E-state index contributed by atoms with van der Waals surface area (Å²) in [6.45, 7) is 3.92. The smallest absolute Gasteiger partial charge is 0.244 e. The largest absolute Gasteiger partial charge is 0.273 e. The summed E-state index contributed by atoms with van der Waals surface area (Å²) in [7, 11) is -7.48. The third-order valence-corrected chi connectivity index (χ3v) is 8.68. The average Bonchev–Trinajstić information content (AvgIpc) is 2.89. The summed E-state index contributed by atoms with van der Waals surface area (Å²) in [6.07, 6.45) is 3.87. The molecule has 2 heterocycles. The molecule has 0 spiro atoms.